The Labute approximate surface area is 115 Å². The Morgan fingerprint density at radius 1 is 1.42 bits per heavy atom. The van der Waals surface area contributed by atoms with E-state index in [1.54, 1.807) is 7.11 Å². The van der Waals surface area contributed by atoms with Crippen LogP contribution in [0.25, 0.3) is 0 Å². The number of ether oxygens (including phenoxy) is 3. The first-order chi connectivity index (χ1) is 8.95. The number of hydrogen-bond acceptors (Lipinski definition) is 4. The Hall–Kier alpha value is -0.650. The summed E-state index contributed by atoms with van der Waals surface area (Å²) in [6, 6.07) is -0.288. The van der Waals surface area contributed by atoms with E-state index in [0.29, 0.717) is 12.5 Å². The predicted octanol–water partition coefficient (Wildman–Crippen LogP) is 0.769. The molecule has 1 fully saturated rings. The van der Waals surface area contributed by atoms with E-state index in [9.17, 15) is 4.79 Å². The standard InChI is InChI=1S/C14H27NO4/c1-9(2)8-18-12-7-5-6-11(15)14(16)19-10(3)13(12)17-4/h9-13H,5-8,15H2,1-4H3/p+1/t10-,11-,12-,13-/m0/s1. The highest BCUT2D eigenvalue weighted by molar-refractivity contribution is 5.74. The Kier molecular flexibility index (Phi) is 6.75. The van der Waals surface area contributed by atoms with Gasteiger partial charge in [0.2, 0.25) is 0 Å². The molecule has 0 spiro atoms. The van der Waals surface area contributed by atoms with Gasteiger partial charge < -0.3 is 19.9 Å². The maximum absolute atomic E-state index is 11.8. The van der Waals surface area contributed by atoms with Crippen molar-refractivity contribution >= 4 is 5.97 Å². The van der Waals surface area contributed by atoms with E-state index in [2.05, 4.69) is 19.6 Å². The van der Waals surface area contributed by atoms with Crippen molar-refractivity contribution < 1.29 is 24.7 Å². The maximum atomic E-state index is 11.8. The fraction of sp³-hybridized carbons (Fsp3) is 0.929. The van der Waals surface area contributed by atoms with Gasteiger partial charge in [-0.25, -0.2) is 4.79 Å². The van der Waals surface area contributed by atoms with Crippen LogP contribution in [0.4, 0.5) is 0 Å². The summed E-state index contributed by atoms with van der Waals surface area (Å²) in [5, 5.41) is 0. The molecule has 0 amide bonds. The van der Waals surface area contributed by atoms with Crippen LogP contribution in [-0.4, -0.2) is 44.0 Å². The summed E-state index contributed by atoms with van der Waals surface area (Å²) >= 11 is 0. The molecule has 5 heteroatoms. The zero-order chi connectivity index (χ0) is 14.4. The van der Waals surface area contributed by atoms with Crippen LogP contribution in [0.2, 0.25) is 0 Å². The monoisotopic (exact) mass is 274 g/mol. The Balaban J connectivity index is 2.73. The minimum atomic E-state index is -0.308. The summed E-state index contributed by atoms with van der Waals surface area (Å²) in [6.07, 6.45) is 1.96. The minimum absolute atomic E-state index is 0.0273. The van der Waals surface area contributed by atoms with Crippen LogP contribution in [0.1, 0.15) is 40.0 Å². The molecule has 0 aromatic rings. The first kappa shape index (κ1) is 16.4. The number of cyclic esters (lactones) is 1. The molecule has 0 aliphatic carbocycles. The molecule has 19 heavy (non-hydrogen) atoms. The average molecular weight is 274 g/mol. The SMILES string of the molecule is CO[C@H]1[C@H](C)OC(=O)[C@@H]([NH3+])CCC[C@@H]1OCC(C)C. The second-order valence-corrected chi connectivity index (χ2v) is 5.74. The van der Waals surface area contributed by atoms with Crippen LogP contribution in [0.3, 0.4) is 0 Å². The molecule has 0 radical (unpaired) electrons. The molecule has 5 nitrogen and oxygen atoms in total. The zero-order valence-electron chi connectivity index (χ0n) is 12.6. The van der Waals surface area contributed by atoms with Crippen molar-refractivity contribution in [2.75, 3.05) is 13.7 Å². The quantitative estimate of drug-likeness (QED) is 0.769. The molecule has 1 aliphatic rings. The molecule has 1 saturated heterocycles. The molecular formula is C14H28NO4+. The highest BCUT2D eigenvalue weighted by Crippen LogP contribution is 2.20. The molecule has 0 saturated carbocycles. The number of quaternary nitrogens is 1. The van der Waals surface area contributed by atoms with Gasteiger partial charge in [0.1, 0.15) is 12.2 Å². The fourth-order valence-corrected chi connectivity index (χ4v) is 2.33. The topological polar surface area (TPSA) is 72.4 Å². The third-order valence-electron chi connectivity index (χ3n) is 3.42. The number of carbonyl (C=O) groups is 1. The minimum Gasteiger partial charge on any atom is -0.455 e. The van der Waals surface area contributed by atoms with Crippen molar-refractivity contribution in [1.82, 2.24) is 0 Å². The lowest BCUT2D eigenvalue weighted by atomic mass is 10.0. The van der Waals surface area contributed by atoms with Crippen LogP contribution in [0.5, 0.6) is 0 Å². The second kappa shape index (κ2) is 7.82. The number of hydrogen-bond donors (Lipinski definition) is 1. The van der Waals surface area contributed by atoms with Crippen LogP contribution >= 0.6 is 0 Å². The molecule has 1 aliphatic heterocycles. The Morgan fingerprint density at radius 3 is 2.68 bits per heavy atom. The van der Waals surface area contributed by atoms with Gasteiger partial charge in [0.25, 0.3) is 0 Å². The normalized spacial score (nSPS) is 33.5. The molecule has 0 bridgehead atoms. The lowest BCUT2D eigenvalue weighted by Gasteiger charge is -2.30. The second-order valence-electron chi connectivity index (χ2n) is 5.74. The summed E-state index contributed by atoms with van der Waals surface area (Å²) in [4.78, 5) is 11.8. The predicted molar refractivity (Wildman–Crippen MR) is 71.5 cm³/mol. The first-order valence-corrected chi connectivity index (χ1v) is 7.13. The molecular weight excluding hydrogens is 246 g/mol. The maximum Gasteiger partial charge on any atom is 0.365 e. The van der Waals surface area contributed by atoms with E-state index in [-0.39, 0.29) is 30.3 Å². The molecule has 112 valence electrons. The van der Waals surface area contributed by atoms with E-state index < -0.39 is 0 Å². The van der Waals surface area contributed by atoms with E-state index in [1.165, 1.54) is 0 Å². The molecule has 0 aromatic heterocycles. The van der Waals surface area contributed by atoms with E-state index >= 15 is 0 Å². The van der Waals surface area contributed by atoms with E-state index in [0.717, 1.165) is 19.3 Å². The van der Waals surface area contributed by atoms with Crippen molar-refractivity contribution in [2.45, 2.75) is 64.4 Å². The van der Waals surface area contributed by atoms with Crippen molar-refractivity contribution in [3.05, 3.63) is 0 Å². The van der Waals surface area contributed by atoms with Gasteiger partial charge in [0.05, 0.1) is 6.10 Å². The van der Waals surface area contributed by atoms with Gasteiger partial charge in [0.15, 0.2) is 6.04 Å². The number of methoxy groups -OCH3 is 1. The summed E-state index contributed by atoms with van der Waals surface area (Å²) in [5.41, 5.74) is 3.85. The van der Waals surface area contributed by atoms with Crippen LogP contribution in [-0.2, 0) is 19.0 Å². The van der Waals surface area contributed by atoms with E-state index in [1.807, 2.05) is 6.92 Å². The Morgan fingerprint density at radius 2 is 2.11 bits per heavy atom. The number of carbonyl (C=O) groups excluding carboxylic acids is 1. The van der Waals surface area contributed by atoms with Gasteiger partial charge in [-0.15, -0.1) is 0 Å². The van der Waals surface area contributed by atoms with E-state index in [4.69, 9.17) is 14.2 Å². The van der Waals surface area contributed by atoms with Gasteiger partial charge in [0, 0.05) is 20.1 Å². The molecule has 1 rings (SSSR count). The number of esters is 1. The molecule has 0 aromatic carbocycles. The molecule has 1 heterocycles. The van der Waals surface area contributed by atoms with Crippen LogP contribution < -0.4 is 5.73 Å². The molecule has 3 N–H and O–H groups in total. The summed E-state index contributed by atoms with van der Waals surface area (Å²) in [6.45, 7) is 6.79. The molecule has 0 unspecified atom stereocenters. The number of rotatable bonds is 4. The summed E-state index contributed by atoms with van der Waals surface area (Å²) in [5.74, 6) is 0.239. The first-order valence-electron chi connectivity index (χ1n) is 7.13. The zero-order valence-corrected chi connectivity index (χ0v) is 12.6. The molecule has 4 atom stereocenters. The highest BCUT2D eigenvalue weighted by Gasteiger charge is 2.34. The summed E-state index contributed by atoms with van der Waals surface area (Å²) in [7, 11) is 1.64. The van der Waals surface area contributed by atoms with Gasteiger partial charge in [-0.3, -0.25) is 0 Å². The van der Waals surface area contributed by atoms with Crippen molar-refractivity contribution in [3.8, 4) is 0 Å². The average Bonchev–Trinajstić information content (AvgIpc) is 2.38. The summed E-state index contributed by atoms with van der Waals surface area (Å²) < 4.78 is 16.9. The smallest absolute Gasteiger partial charge is 0.365 e. The van der Waals surface area contributed by atoms with Gasteiger partial charge in [-0.05, 0) is 25.7 Å². The van der Waals surface area contributed by atoms with Gasteiger partial charge in [-0.1, -0.05) is 13.8 Å². The highest BCUT2D eigenvalue weighted by atomic mass is 16.6. The lowest BCUT2D eigenvalue weighted by molar-refractivity contribution is -0.410. The van der Waals surface area contributed by atoms with Crippen molar-refractivity contribution in [1.29, 1.82) is 0 Å². The third-order valence-corrected chi connectivity index (χ3v) is 3.42. The third kappa shape index (κ3) is 5.09. The van der Waals surface area contributed by atoms with Crippen molar-refractivity contribution in [2.24, 2.45) is 5.92 Å². The van der Waals surface area contributed by atoms with Crippen molar-refractivity contribution in [3.63, 3.8) is 0 Å². The van der Waals surface area contributed by atoms with Gasteiger partial charge in [-0.2, -0.15) is 0 Å². The fourth-order valence-electron chi connectivity index (χ4n) is 2.33. The van der Waals surface area contributed by atoms with Gasteiger partial charge >= 0.3 is 5.97 Å². The van der Waals surface area contributed by atoms with Crippen LogP contribution in [0, 0.1) is 5.92 Å². The van der Waals surface area contributed by atoms with Crippen LogP contribution in [0.15, 0.2) is 0 Å². The Bertz CT molecular complexity index is 283. The largest absolute Gasteiger partial charge is 0.455 e. The lowest BCUT2D eigenvalue weighted by Crippen LogP contribution is -2.65.